The number of benzene rings is 2. The molecular formula is C16H10BrFO5. The highest BCUT2D eigenvalue weighted by Gasteiger charge is 2.19. The van der Waals surface area contributed by atoms with Crippen molar-refractivity contribution >= 4 is 26.9 Å². The lowest BCUT2D eigenvalue weighted by Crippen LogP contribution is -2.02. The van der Waals surface area contributed by atoms with Gasteiger partial charge in [-0.05, 0) is 34.1 Å². The molecule has 5 nitrogen and oxygen atoms in total. The van der Waals surface area contributed by atoms with Crippen LogP contribution in [0.4, 0.5) is 4.39 Å². The highest BCUT2D eigenvalue weighted by atomic mass is 79.9. The van der Waals surface area contributed by atoms with Crippen molar-refractivity contribution in [1.29, 1.82) is 0 Å². The molecule has 0 bridgehead atoms. The molecule has 0 saturated heterocycles. The summed E-state index contributed by atoms with van der Waals surface area (Å²) in [4.78, 5) is 12.3. The zero-order valence-corrected chi connectivity index (χ0v) is 13.3. The Bertz CT molecular complexity index is 980. The summed E-state index contributed by atoms with van der Waals surface area (Å²) in [7, 11) is 1.30. The lowest BCUT2D eigenvalue weighted by molar-refractivity contribution is 0.367. The predicted octanol–water partition coefficient (Wildman–Crippen LogP) is 3.78. The molecule has 0 atom stereocenters. The van der Waals surface area contributed by atoms with E-state index in [2.05, 4.69) is 15.9 Å². The Morgan fingerprint density at radius 3 is 2.57 bits per heavy atom. The molecule has 2 N–H and O–H groups in total. The van der Waals surface area contributed by atoms with Gasteiger partial charge in [0, 0.05) is 22.2 Å². The molecule has 1 aromatic heterocycles. The van der Waals surface area contributed by atoms with Gasteiger partial charge in [0.2, 0.25) is 5.75 Å². The van der Waals surface area contributed by atoms with Gasteiger partial charge in [-0.15, -0.1) is 0 Å². The average molecular weight is 381 g/mol. The lowest BCUT2D eigenvalue weighted by Gasteiger charge is -2.10. The Labute approximate surface area is 137 Å². The van der Waals surface area contributed by atoms with Crippen molar-refractivity contribution in [3.8, 4) is 28.6 Å². The molecule has 2 aromatic carbocycles. The molecule has 0 radical (unpaired) electrons. The van der Waals surface area contributed by atoms with Crippen LogP contribution in [-0.4, -0.2) is 17.3 Å². The van der Waals surface area contributed by atoms with Gasteiger partial charge < -0.3 is 19.4 Å². The van der Waals surface area contributed by atoms with Crippen LogP contribution in [0.15, 0.2) is 44.0 Å². The van der Waals surface area contributed by atoms with E-state index >= 15 is 0 Å². The summed E-state index contributed by atoms with van der Waals surface area (Å²) in [5.41, 5.74) is -0.174. The number of hydrogen-bond donors (Lipinski definition) is 2. The molecule has 7 heteroatoms. The van der Waals surface area contributed by atoms with Gasteiger partial charge in [-0.1, -0.05) is 0 Å². The average Bonchev–Trinajstić information content (AvgIpc) is 2.46. The van der Waals surface area contributed by atoms with E-state index in [1.165, 1.54) is 31.4 Å². The Morgan fingerprint density at radius 1 is 1.17 bits per heavy atom. The van der Waals surface area contributed by atoms with Crippen LogP contribution in [0.25, 0.3) is 22.3 Å². The first kappa shape index (κ1) is 15.4. The van der Waals surface area contributed by atoms with E-state index in [0.717, 1.165) is 6.07 Å². The quantitative estimate of drug-likeness (QED) is 0.706. The van der Waals surface area contributed by atoms with Gasteiger partial charge in [0.15, 0.2) is 16.8 Å². The van der Waals surface area contributed by atoms with Gasteiger partial charge in [-0.2, -0.15) is 0 Å². The first-order valence-corrected chi connectivity index (χ1v) is 7.24. The lowest BCUT2D eigenvalue weighted by atomic mass is 10.1. The van der Waals surface area contributed by atoms with Crippen molar-refractivity contribution in [2.45, 2.75) is 0 Å². The van der Waals surface area contributed by atoms with E-state index in [4.69, 9.17) is 9.15 Å². The SMILES string of the molecule is COc1c(O)cc(O)c2c(=O)cc(-c3ccc(F)cc3Br)oc12. The monoisotopic (exact) mass is 380 g/mol. The van der Waals surface area contributed by atoms with E-state index < -0.39 is 17.0 Å². The molecule has 0 fully saturated rings. The normalized spacial score (nSPS) is 10.9. The van der Waals surface area contributed by atoms with Gasteiger partial charge in [0.1, 0.15) is 22.7 Å². The van der Waals surface area contributed by atoms with Crippen LogP contribution in [0.5, 0.6) is 17.2 Å². The molecule has 0 saturated carbocycles. The maximum atomic E-state index is 13.2. The number of rotatable bonds is 2. The van der Waals surface area contributed by atoms with E-state index in [9.17, 15) is 19.4 Å². The highest BCUT2D eigenvalue weighted by molar-refractivity contribution is 9.10. The molecule has 118 valence electrons. The summed E-state index contributed by atoms with van der Waals surface area (Å²) >= 11 is 3.20. The second-order valence-electron chi connectivity index (χ2n) is 4.75. The number of fused-ring (bicyclic) bond motifs is 1. The summed E-state index contributed by atoms with van der Waals surface area (Å²) in [5, 5.41) is 19.6. The number of aromatic hydroxyl groups is 2. The molecule has 0 aliphatic heterocycles. The first-order chi connectivity index (χ1) is 10.9. The van der Waals surface area contributed by atoms with E-state index in [1.54, 1.807) is 0 Å². The van der Waals surface area contributed by atoms with Gasteiger partial charge in [-0.3, -0.25) is 4.79 Å². The van der Waals surface area contributed by atoms with Crippen molar-refractivity contribution in [2.24, 2.45) is 0 Å². The number of hydrogen-bond acceptors (Lipinski definition) is 5. The van der Waals surface area contributed by atoms with Crippen LogP contribution >= 0.6 is 15.9 Å². The minimum Gasteiger partial charge on any atom is -0.507 e. The predicted molar refractivity (Wildman–Crippen MR) is 85.5 cm³/mol. The highest BCUT2D eigenvalue weighted by Crippen LogP contribution is 2.40. The molecular weight excluding hydrogens is 371 g/mol. The largest absolute Gasteiger partial charge is 0.507 e. The van der Waals surface area contributed by atoms with E-state index in [-0.39, 0.29) is 28.2 Å². The fraction of sp³-hybridized carbons (Fsp3) is 0.0625. The molecule has 0 amide bonds. The van der Waals surface area contributed by atoms with Crippen LogP contribution in [-0.2, 0) is 0 Å². The molecule has 23 heavy (non-hydrogen) atoms. The summed E-state index contributed by atoms with van der Waals surface area (Å²) in [6.45, 7) is 0. The number of halogens is 2. The third-order valence-electron chi connectivity index (χ3n) is 3.32. The third kappa shape index (κ3) is 2.53. The Balaban J connectivity index is 2.39. The second-order valence-corrected chi connectivity index (χ2v) is 5.61. The van der Waals surface area contributed by atoms with Gasteiger partial charge in [0.25, 0.3) is 0 Å². The number of phenolic OH excluding ortho intramolecular Hbond substituents is 2. The summed E-state index contributed by atoms with van der Waals surface area (Å²) in [6.07, 6.45) is 0. The topological polar surface area (TPSA) is 79.9 Å². The summed E-state index contributed by atoms with van der Waals surface area (Å²) < 4.78 is 24.3. The standard InChI is InChI=1S/C16H10BrFO5/c1-22-15-12(21)5-10(19)14-11(20)6-13(23-16(14)15)8-3-2-7(18)4-9(8)17/h2-6,19,21H,1H3. The van der Waals surface area contributed by atoms with Crippen molar-refractivity contribution in [1.82, 2.24) is 0 Å². The first-order valence-electron chi connectivity index (χ1n) is 6.44. The number of methoxy groups -OCH3 is 1. The van der Waals surface area contributed by atoms with Crippen LogP contribution in [0.2, 0.25) is 0 Å². The molecule has 0 unspecified atom stereocenters. The maximum absolute atomic E-state index is 13.2. The van der Waals surface area contributed by atoms with Crippen molar-refractivity contribution < 1.29 is 23.8 Å². The zero-order chi connectivity index (χ0) is 16.7. The second kappa shape index (κ2) is 5.58. The maximum Gasteiger partial charge on any atom is 0.204 e. The van der Waals surface area contributed by atoms with Crippen LogP contribution in [0, 0.1) is 5.82 Å². The molecule has 1 heterocycles. The Hall–Kier alpha value is -2.54. The molecule has 0 aliphatic rings. The van der Waals surface area contributed by atoms with Crippen LogP contribution < -0.4 is 10.2 Å². The Kier molecular flexibility index (Phi) is 3.73. The number of phenols is 2. The van der Waals surface area contributed by atoms with E-state index in [1.807, 2.05) is 0 Å². The third-order valence-corrected chi connectivity index (χ3v) is 3.97. The van der Waals surface area contributed by atoms with Crippen LogP contribution in [0.1, 0.15) is 0 Å². The van der Waals surface area contributed by atoms with Crippen molar-refractivity contribution in [3.63, 3.8) is 0 Å². The Morgan fingerprint density at radius 2 is 1.91 bits per heavy atom. The molecule has 0 spiro atoms. The van der Waals surface area contributed by atoms with Crippen molar-refractivity contribution in [3.05, 3.63) is 50.8 Å². The minimum absolute atomic E-state index is 0.0741. The zero-order valence-electron chi connectivity index (χ0n) is 11.8. The number of ether oxygens (including phenoxy) is 1. The molecule has 3 aromatic rings. The van der Waals surface area contributed by atoms with Crippen LogP contribution in [0.3, 0.4) is 0 Å². The van der Waals surface area contributed by atoms with Gasteiger partial charge in [0.05, 0.1) is 7.11 Å². The van der Waals surface area contributed by atoms with Crippen molar-refractivity contribution in [2.75, 3.05) is 7.11 Å². The fourth-order valence-corrected chi connectivity index (χ4v) is 2.85. The summed E-state index contributed by atoms with van der Waals surface area (Å²) in [5.74, 6) is -1.17. The fourth-order valence-electron chi connectivity index (χ4n) is 2.30. The van der Waals surface area contributed by atoms with Gasteiger partial charge >= 0.3 is 0 Å². The summed E-state index contributed by atoms with van der Waals surface area (Å²) in [6, 6.07) is 6.08. The van der Waals surface area contributed by atoms with E-state index in [0.29, 0.717) is 10.0 Å². The molecule has 0 aliphatic carbocycles. The van der Waals surface area contributed by atoms with Gasteiger partial charge in [-0.25, -0.2) is 4.39 Å². The smallest absolute Gasteiger partial charge is 0.204 e. The minimum atomic E-state index is -0.520. The molecule has 3 rings (SSSR count).